The molecule has 1 amide bonds. The van der Waals surface area contributed by atoms with Crippen LogP contribution in [0.4, 0.5) is 5.00 Å². The van der Waals surface area contributed by atoms with Gasteiger partial charge in [-0.05, 0) is 51.3 Å². The molecule has 1 saturated heterocycles. The first kappa shape index (κ1) is 23.9. The Labute approximate surface area is 191 Å². The zero-order chi connectivity index (χ0) is 23.5. The van der Waals surface area contributed by atoms with Crippen LogP contribution in [0.1, 0.15) is 46.1 Å². The maximum absolute atomic E-state index is 13.0. The van der Waals surface area contributed by atoms with Crippen molar-refractivity contribution < 1.29 is 22.7 Å². The number of piperidine rings is 1. The average Bonchev–Trinajstić information content (AvgIpc) is 3.09. The van der Waals surface area contributed by atoms with Gasteiger partial charge in [0.2, 0.25) is 15.9 Å². The molecule has 0 saturated carbocycles. The van der Waals surface area contributed by atoms with Gasteiger partial charge in [-0.1, -0.05) is 17.7 Å². The largest absolute Gasteiger partial charge is 0.462 e. The van der Waals surface area contributed by atoms with E-state index in [4.69, 9.17) is 4.74 Å². The fourth-order valence-corrected chi connectivity index (χ4v) is 6.15. The van der Waals surface area contributed by atoms with Gasteiger partial charge in [-0.2, -0.15) is 9.57 Å². The maximum Gasteiger partial charge on any atom is 0.348 e. The van der Waals surface area contributed by atoms with E-state index in [0.717, 1.165) is 16.9 Å². The third-order valence-electron chi connectivity index (χ3n) is 5.37. The number of aryl methyl sites for hydroxylation is 1. The summed E-state index contributed by atoms with van der Waals surface area (Å²) < 4.78 is 32.4. The summed E-state index contributed by atoms with van der Waals surface area (Å²) in [5.74, 6) is -1.48. The molecular formula is C22H25N3O5S2. The van der Waals surface area contributed by atoms with Gasteiger partial charge >= 0.3 is 5.97 Å². The van der Waals surface area contributed by atoms with Gasteiger partial charge in [0, 0.05) is 13.1 Å². The lowest BCUT2D eigenvalue weighted by molar-refractivity contribution is -0.120. The van der Waals surface area contributed by atoms with Gasteiger partial charge in [0.05, 0.1) is 23.0 Å². The summed E-state index contributed by atoms with van der Waals surface area (Å²) in [6.07, 6.45) is 1.08. The van der Waals surface area contributed by atoms with Crippen molar-refractivity contribution in [3.8, 4) is 6.07 Å². The minimum atomic E-state index is -3.71. The Balaban J connectivity index is 1.77. The molecule has 1 atom stereocenters. The Morgan fingerprint density at radius 3 is 2.59 bits per heavy atom. The topological polar surface area (TPSA) is 117 Å². The van der Waals surface area contributed by atoms with Crippen molar-refractivity contribution in [3.63, 3.8) is 0 Å². The summed E-state index contributed by atoms with van der Waals surface area (Å²) in [7, 11) is -3.71. The number of sulfonamides is 1. The van der Waals surface area contributed by atoms with Crippen LogP contribution < -0.4 is 5.32 Å². The number of amides is 1. The number of esters is 1. The highest BCUT2D eigenvalue weighted by molar-refractivity contribution is 7.89. The normalized spacial score (nSPS) is 16.9. The van der Waals surface area contributed by atoms with Gasteiger partial charge in [0.25, 0.3) is 0 Å². The van der Waals surface area contributed by atoms with Crippen LogP contribution in [0.3, 0.4) is 0 Å². The summed E-state index contributed by atoms with van der Waals surface area (Å²) in [5.41, 5.74) is 1.63. The molecule has 0 bridgehead atoms. The van der Waals surface area contributed by atoms with Crippen LogP contribution in [-0.4, -0.2) is 44.3 Å². The zero-order valence-corrected chi connectivity index (χ0v) is 19.8. The average molecular weight is 476 g/mol. The number of hydrogen-bond donors (Lipinski definition) is 1. The third-order valence-corrected chi connectivity index (χ3v) is 8.44. The monoisotopic (exact) mass is 475 g/mol. The molecule has 3 rings (SSSR count). The zero-order valence-electron chi connectivity index (χ0n) is 18.2. The molecular weight excluding hydrogens is 450 g/mol. The van der Waals surface area contributed by atoms with E-state index in [2.05, 4.69) is 5.32 Å². The number of hydrogen-bond acceptors (Lipinski definition) is 7. The number of nitriles is 1. The molecule has 1 aromatic carbocycles. The molecule has 1 aromatic heterocycles. The highest BCUT2D eigenvalue weighted by atomic mass is 32.2. The van der Waals surface area contributed by atoms with Crippen LogP contribution in [0.15, 0.2) is 29.2 Å². The Bertz CT molecular complexity index is 1160. The van der Waals surface area contributed by atoms with E-state index >= 15 is 0 Å². The Morgan fingerprint density at radius 1 is 1.28 bits per heavy atom. The van der Waals surface area contributed by atoms with Crippen molar-refractivity contribution in [3.05, 3.63) is 45.8 Å². The number of anilines is 1. The lowest BCUT2D eigenvalue weighted by Crippen LogP contribution is -2.43. The number of carbonyl (C=O) groups excluding carboxylic acids is 2. The van der Waals surface area contributed by atoms with Gasteiger partial charge < -0.3 is 10.1 Å². The molecule has 2 heterocycles. The number of nitrogens with zero attached hydrogens (tertiary/aromatic N) is 2. The molecule has 10 heteroatoms. The molecule has 1 aliphatic rings. The first-order valence-electron chi connectivity index (χ1n) is 10.3. The first-order valence-corrected chi connectivity index (χ1v) is 12.5. The van der Waals surface area contributed by atoms with Gasteiger partial charge in [-0.15, -0.1) is 11.3 Å². The summed E-state index contributed by atoms with van der Waals surface area (Å²) in [6.45, 7) is 5.80. The fourth-order valence-electron chi connectivity index (χ4n) is 3.58. The van der Waals surface area contributed by atoms with E-state index in [0.29, 0.717) is 24.9 Å². The molecule has 1 aliphatic heterocycles. The van der Waals surface area contributed by atoms with Crippen LogP contribution in [0, 0.1) is 31.1 Å². The molecule has 1 fully saturated rings. The molecule has 170 valence electrons. The number of thiophene rings is 1. The van der Waals surface area contributed by atoms with Crippen LogP contribution in [0.2, 0.25) is 0 Å². The summed E-state index contributed by atoms with van der Waals surface area (Å²) in [4.78, 5) is 25.6. The second kappa shape index (κ2) is 9.81. The van der Waals surface area contributed by atoms with E-state index in [9.17, 15) is 23.3 Å². The molecule has 0 aliphatic carbocycles. The second-order valence-corrected chi connectivity index (χ2v) is 10.6. The van der Waals surface area contributed by atoms with Crippen molar-refractivity contribution in [1.82, 2.24) is 4.31 Å². The van der Waals surface area contributed by atoms with Crippen molar-refractivity contribution in [2.45, 2.75) is 38.5 Å². The highest BCUT2D eigenvalue weighted by Gasteiger charge is 2.34. The molecule has 8 nitrogen and oxygen atoms in total. The third kappa shape index (κ3) is 4.85. The van der Waals surface area contributed by atoms with E-state index in [1.165, 1.54) is 4.31 Å². The second-order valence-electron chi connectivity index (χ2n) is 7.60. The van der Waals surface area contributed by atoms with Gasteiger partial charge in [-0.25, -0.2) is 13.2 Å². The van der Waals surface area contributed by atoms with Crippen LogP contribution >= 0.6 is 11.3 Å². The lowest BCUT2D eigenvalue weighted by atomic mass is 9.99. The summed E-state index contributed by atoms with van der Waals surface area (Å²) >= 11 is 0.995. The standard InChI is InChI=1S/C22H25N3O5S2/c1-4-30-22(27)19-15(3)18(12-23)21(31-19)24-20(26)16-6-5-11-25(13-16)32(28,29)17-9-7-14(2)8-10-17/h7-10,16H,4-6,11,13H2,1-3H3,(H,24,26). The Kier molecular flexibility index (Phi) is 7.33. The van der Waals surface area contributed by atoms with Crippen LogP contribution in [-0.2, 0) is 19.6 Å². The maximum atomic E-state index is 13.0. The van der Waals surface area contributed by atoms with E-state index < -0.39 is 21.9 Å². The number of carbonyl (C=O) groups is 2. The fraction of sp³-hybridized carbons (Fsp3) is 0.409. The number of rotatable bonds is 6. The van der Waals surface area contributed by atoms with Crippen molar-refractivity contribution in [2.75, 3.05) is 25.0 Å². The lowest BCUT2D eigenvalue weighted by Gasteiger charge is -2.31. The highest BCUT2D eigenvalue weighted by Crippen LogP contribution is 2.34. The summed E-state index contributed by atoms with van der Waals surface area (Å²) in [5, 5.41) is 12.5. The number of benzene rings is 1. The molecule has 1 unspecified atom stereocenters. The Hall–Kier alpha value is -2.74. The number of ether oxygens (including phenoxy) is 1. The predicted molar refractivity (Wildman–Crippen MR) is 121 cm³/mol. The quantitative estimate of drug-likeness (QED) is 0.640. The molecule has 0 radical (unpaired) electrons. The Morgan fingerprint density at radius 2 is 1.97 bits per heavy atom. The molecule has 0 spiro atoms. The van der Waals surface area contributed by atoms with Gasteiger partial charge in [0.1, 0.15) is 15.9 Å². The van der Waals surface area contributed by atoms with E-state index in [-0.39, 0.29) is 39.4 Å². The first-order chi connectivity index (χ1) is 15.2. The van der Waals surface area contributed by atoms with Crippen LogP contribution in [0.5, 0.6) is 0 Å². The predicted octanol–water partition coefficient (Wildman–Crippen LogP) is 3.45. The van der Waals surface area contributed by atoms with Crippen LogP contribution in [0.25, 0.3) is 0 Å². The van der Waals surface area contributed by atoms with Gasteiger partial charge in [0.15, 0.2) is 0 Å². The minimum absolute atomic E-state index is 0.0546. The smallest absolute Gasteiger partial charge is 0.348 e. The van der Waals surface area contributed by atoms with Crippen molar-refractivity contribution in [2.24, 2.45) is 5.92 Å². The van der Waals surface area contributed by atoms with E-state index in [1.807, 2.05) is 13.0 Å². The minimum Gasteiger partial charge on any atom is -0.462 e. The number of nitrogens with one attached hydrogen (secondary N) is 1. The molecule has 1 N–H and O–H groups in total. The molecule has 2 aromatic rings. The van der Waals surface area contributed by atoms with Crippen molar-refractivity contribution >= 4 is 38.2 Å². The summed E-state index contributed by atoms with van der Waals surface area (Å²) in [6, 6.07) is 8.65. The molecule has 32 heavy (non-hydrogen) atoms. The SMILES string of the molecule is CCOC(=O)c1sc(NC(=O)C2CCCN(S(=O)(=O)c3ccc(C)cc3)C2)c(C#N)c1C. The van der Waals surface area contributed by atoms with Gasteiger partial charge in [-0.3, -0.25) is 4.79 Å². The van der Waals surface area contributed by atoms with Crippen molar-refractivity contribution in [1.29, 1.82) is 5.26 Å². The van der Waals surface area contributed by atoms with E-state index in [1.54, 1.807) is 38.1 Å².